The first-order chi connectivity index (χ1) is 10.3. The highest BCUT2D eigenvalue weighted by atomic mass is 35.5. The molecule has 0 fully saturated rings. The quantitative estimate of drug-likeness (QED) is 0.623. The number of hydrogen-bond donors (Lipinski definition) is 0. The van der Waals surface area contributed by atoms with Crippen LogP contribution in [0.4, 0.5) is 0 Å². The zero-order chi connectivity index (χ0) is 14.2. The largest absolute Gasteiger partial charge is 0.438 e. The van der Waals surface area contributed by atoms with Crippen molar-refractivity contribution in [2.45, 2.75) is 25.7 Å². The van der Waals surface area contributed by atoms with Crippen LogP contribution in [0.5, 0.6) is 11.6 Å². The molecule has 2 heterocycles. The molecule has 3 aromatic rings. The van der Waals surface area contributed by atoms with Gasteiger partial charge in [-0.1, -0.05) is 6.07 Å². The number of thiophene rings is 1. The summed E-state index contributed by atoms with van der Waals surface area (Å²) in [5.74, 6) is 1.35. The lowest BCUT2D eigenvalue weighted by Crippen LogP contribution is -2.02. The lowest BCUT2D eigenvalue weighted by molar-refractivity contribution is 0.467. The predicted octanol–water partition coefficient (Wildman–Crippen LogP) is 5.02. The number of rotatable bonds is 2. The molecule has 5 heteroatoms. The van der Waals surface area contributed by atoms with Gasteiger partial charge in [0.25, 0.3) is 0 Å². The van der Waals surface area contributed by atoms with Gasteiger partial charge in [0.2, 0.25) is 11.2 Å². The summed E-state index contributed by atoms with van der Waals surface area (Å²) in [6.07, 6.45) is 4.84. The molecule has 1 aromatic carbocycles. The van der Waals surface area contributed by atoms with Crippen LogP contribution in [0.3, 0.4) is 0 Å². The van der Waals surface area contributed by atoms with Gasteiger partial charge in [0, 0.05) is 0 Å². The van der Waals surface area contributed by atoms with Crippen molar-refractivity contribution in [2.75, 3.05) is 0 Å². The van der Waals surface area contributed by atoms with Gasteiger partial charge < -0.3 is 4.74 Å². The van der Waals surface area contributed by atoms with Gasteiger partial charge in [0.05, 0.1) is 5.39 Å². The van der Waals surface area contributed by atoms with Gasteiger partial charge in [-0.05, 0) is 72.0 Å². The van der Waals surface area contributed by atoms with Crippen molar-refractivity contribution in [1.29, 1.82) is 0 Å². The van der Waals surface area contributed by atoms with E-state index in [1.807, 2.05) is 17.5 Å². The number of nitrogens with zero attached hydrogens (tertiary/aromatic N) is 2. The Morgan fingerprint density at radius 2 is 1.90 bits per heavy atom. The first-order valence-electron chi connectivity index (χ1n) is 7.00. The fourth-order valence-corrected chi connectivity index (χ4v) is 3.73. The van der Waals surface area contributed by atoms with Crippen molar-refractivity contribution in [3.63, 3.8) is 0 Å². The Morgan fingerprint density at radius 3 is 2.81 bits per heavy atom. The van der Waals surface area contributed by atoms with Gasteiger partial charge >= 0.3 is 0 Å². The zero-order valence-corrected chi connectivity index (χ0v) is 12.9. The molecule has 0 saturated carbocycles. The molecule has 21 heavy (non-hydrogen) atoms. The second kappa shape index (κ2) is 5.28. The van der Waals surface area contributed by atoms with Crippen molar-refractivity contribution in [3.05, 3.63) is 46.1 Å². The summed E-state index contributed by atoms with van der Waals surface area (Å²) in [5.41, 5.74) is 2.83. The van der Waals surface area contributed by atoms with E-state index in [4.69, 9.17) is 16.3 Å². The van der Waals surface area contributed by atoms with Crippen LogP contribution in [-0.4, -0.2) is 9.97 Å². The number of benzene rings is 1. The molecule has 2 aromatic heterocycles. The SMILES string of the molecule is Clc1nc(Oc2ccc3c(c2)CCCC3)c2ccsc2n1. The van der Waals surface area contributed by atoms with E-state index in [2.05, 4.69) is 22.1 Å². The molecule has 0 saturated heterocycles. The zero-order valence-electron chi connectivity index (χ0n) is 11.3. The van der Waals surface area contributed by atoms with Crippen LogP contribution in [0, 0.1) is 0 Å². The smallest absolute Gasteiger partial charge is 0.232 e. The third-order valence-corrected chi connectivity index (χ3v) is 4.77. The van der Waals surface area contributed by atoms with E-state index in [-0.39, 0.29) is 5.28 Å². The van der Waals surface area contributed by atoms with Gasteiger partial charge in [-0.15, -0.1) is 11.3 Å². The minimum atomic E-state index is 0.220. The minimum Gasteiger partial charge on any atom is -0.438 e. The van der Waals surface area contributed by atoms with Crippen LogP contribution in [0.2, 0.25) is 5.28 Å². The standard InChI is InChI=1S/C16H13ClN2OS/c17-16-18-14(13-7-8-21-15(13)19-16)20-12-6-5-10-3-1-2-4-11(10)9-12/h5-9H,1-4H2. The summed E-state index contributed by atoms with van der Waals surface area (Å²) in [7, 11) is 0. The van der Waals surface area contributed by atoms with Crippen molar-refractivity contribution in [3.8, 4) is 11.6 Å². The lowest BCUT2D eigenvalue weighted by atomic mass is 9.92. The Labute approximate surface area is 131 Å². The highest BCUT2D eigenvalue weighted by molar-refractivity contribution is 7.16. The molecule has 0 amide bonds. The molecule has 3 nitrogen and oxygen atoms in total. The monoisotopic (exact) mass is 316 g/mol. The second-order valence-electron chi connectivity index (χ2n) is 5.18. The van der Waals surface area contributed by atoms with E-state index in [1.165, 1.54) is 41.7 Å². The topological polar surface area (TPSA) is 35.0 Å². The average molecular weight is 317 g/mol. The molecule has 0 radical (unpaired) electrons. The summed E-state index contributed by atoms with van der Waals surface area (Å²) in [6, 6.07) is 8.27. The molecule has 0 N–H and O–H groups in total. The Hall–Kier alpha value is -1.65. The number of aryl methyl sites for hydroxylation is 2. The summed E-state index contributed by atoms with van der Waals surface area (Å²) in [4.78, 5) is 9.27. The molecule has 0 atom stereocenters. The molecule has 0 unspecified atom stereocenters. The summed E-state index contributed by atoms with van der Waals surface area (Å²) in [5, 5.41) is 3.09. The van der Waals surface area contributed by atoms with E-state index in [1.54, 1.807) is 0 Å². The summed E-state index contributed by atoms with van der Waals surface area (Å²) in [6.45, 7) is 0. The normalized spacial score (nSPS) is 14.1. The van der Waals surface area contributed by atoms with Crippen molar-refractivity contribution in [1.82, 2.24) is 9.97 Å². The molecular weight excluding hydrogens is 304 g/mol. The maximum Gasteiger partial charge on any atom is 0.232 e. The molecule has 0 bridgehead atoms. The summed E-state index contributed by atoms with van der Waals surface area (Å²) < 4.78 is 5.97. The van der Waals surface area contributed by atoms with Crippen LogP contribution in [0.25, 0.3) is 10.2 Å². The molecule has 0 spiro atoms. The fourth-order valence-electron chi connectivity index (χ4n) is 2.77. The molecule has 4 rings (SSSR count). The highest BCUT2D eigenvalue weighted by Crippen LogP contribution is 2.33. The Morgan fingerprint density at radius 1 is 1.05 bits per heavy atom. The van der Waals surface area contributed by atoms with E-state index in [0.29, 0.717) is 5.88 Å². The number of fused-ring (bicyclic) bond motifs is 2. The highest BCUT2D eigenvalue weighted by Gasteiger charge is 2.13. The van der Waals surface area contributed by atoms with Gasteiger partial charge in [-0.2, -0.15) is 4.98 Å². The molecule has 106 valence electrons. The first kappa shape index (κ1) is 13.0. The number of hydrogen-bond acceptors (Lipinski definition) is 4. The fraction of sp³-hybridized carbons (Fsp3) is 0.250. The van der Waals surface area contributed by atoms with Crippen LogP contribution in [0.1, 0.15) is 24.0 Å². The first-order valence-corrected chi connectivity index (χ1v) is 8.26. The van der Waals surface area contributed by atoms with Crippen LogP contribution in [-0.2, 0) is 12.8 Å². The molecule has 0 aliphatic heterocycles. The Bertz CT molecular complexity index is 815. The van der Waals surface area contributed by atoms with Crippen molar-refractivity contribution in [2.24, 2.45) is 0 Å². The maximum atomic E-state index is 5.97. The molecule has 1 aliphatic carbocycles. The third kappa shape index (κ3) is 2.49. The van der Waals surface area contributed by atoms with Gasteiger partial charge in [-0.3, -0.25) is 0 Å². The lowest BCUT2D eigenvalue weighted by Gasteiger charge is -2.16. The Balaban J connectivity index is 1.72. The van der Waals surface area contributed by atoms with E-state index >= 15 is 0 Å². The van der Waals surface area contributed by atoms with Gasteiger partial charge in [0.1, 0.15) is 10.6 Å². The second-order valence-corrected chi connectivity index (χ2v) is 6.41. The van der Waals surface area contributed by atoms with Crippen molar-refractivity contribution >= 4 is 33.2 Å². The maximum absolute atomic E-state index is 5.97. The number of ether oxygens (including phenoxy) is 1. The van der Waals surface area contributed by atoms with Gasteiger partial charge in [-0.25, -0.2) is 4.98 Å². The molecular formula is C16H13ClN2OS. The van der Waals surface area contributed by atoms with E-state index in [9.17, 15) is 0 Å². The minimum absolute atomic E-state index is 0.220. The van der Waals surface area contributed by atoms with Crippen LogP contribution >= 0.6 is 22.9 Å². The van der Waals surface area contributed by atoms with Crippen LogP contribution in [0.15, 0.2) is 29.6 Å². The predicted molar refractivity (Wildman–Crippen MR) is 85.6 cm³/mol. The molecule has 1 aliphatic rings. The number of halogens is 1. The number of aromatic nitrogens is 2. The van der Waals surface area contributed by atoms with Crippen LogP contribution < -0.4 is 4.74 Å². The third-order valence-electron chi connectivity index (χ3n) is 3.80. The van der Waals surface area contributed by atoms with Crippen molar-refractivity contribution < 1.29 is 4.74 Å². The Kier molecular flexibility index (Phi) is 3.28. The van der Waals surface area contributed by atoms with Gasteiger partial charge in [0.15, 0.2) is 0 Å². The summed E-state index contributed by atoms with van der Waals surface area (Å²) >= 11 is 7.50. The van der Waals surface area contributed by atoms with E-state index < -0.39 is 0 Å². The average Bonchev–Trinajstić information content (AvgIpc) is 2.95. The van der Waals surface area contributed by atoms with E-state index in [0.717, 1.165) is 22.4 Å².